The van der Waals surface area contributed by atoms with Gasteiger partial charge in [-0.1, -0.05) is 19.4 Å². The van der Waals surface area contributed by atoms with Crippen LogP contribution < -0.4 is 10.6 Å². The summed E-state index contributed by atoms with van der Waals surface area (Å²) in [5.41, 5.74) is 3.62. The van der Waals surface area contributed by atoms with Crippen LogP contribution in [0.15, 0.2) is 30.5 Å². The molecule has 22 heavy (non-hydrogen) atoms. The highest BCUT2D eigenvalue weighted by atomic mass is 16.1. The predicted octanol–water partition coefficient (Wildman–Crippen LogP) is 3.37. The Morgan fingerprint density at radius 2 is 1.91 bits per heavy atom. The van der Waals surface area contributed by atoms with E-state index in [2.05, 4.69) is 33.6 Å². The minimum absolute atomic E-state index is 0.167. The second kappa shape index (κ2) is 7.54. The summed E-state index contributed by atoms with van der Waals surface area (Å²) in [5.74, 6) is 0.257. The van der Waals surface area contributed by atoms with Crippen LogP contribution in [0, 0.1) is 13.8 Å². The molecule has 0 aliphatic carbocycles. The molecule has 0 bridgehead atoms. The molecule has 2 aromatic rings. The fourth-order valence-electron chi connectivity index (χ4n) is 2.19. The van der Waals surface area contributed by atoms with Crippen LogP contribution in [0.1, 0.15) is 41.4 Å². The first-order chi connectivity index (χ1) is 10.6. The SMILES string of the molecule is CCCCNC(=O)c1ccnc(Nc2cc(C)cc(C)c2)n1. The number of rotatable bonds is 6. The molecule has 0 atom stereocenters. The number of hydrogen-bond donors (Lipinski definition) is 2. The number of anilines is 2. The average Bonchev–Trinajstić information content (AvgIpc) is 2.46. The summed E-state index contributed by atoms with van der Waals surface area (Å²) >= 11 is 0. The zero-order chi connectivity index (χ0) is 15.9. The average molecular weight is 298 g/mol. The van der Waals surface area contributed by atoms with Gasteiger partial charge in [0, 0.05) is 18.4 Å². The highest BCUT2D eigenvalue weighted by Crippen LogP contribution is 2.17. The molecule has 0 radical (unpaired) electrons. The van der Waals surface area contributed by atoms with E-state index in [0.29, 0.717) is 18.2 Å². The van der Waals surface area contributed by atoms with E-state index in [1.807, 2.05) is 26.0 Å². The van der Waals surface area contributed by atoms with Crippen LogP contribution >= 0.6 is 0 Å². The van der Waals surface area contributed by atoms with Crippen molar-refractivity contribution in [1.29, 1.82) is 0 Å². The molecule has 0 saturated heterocycles. The van der Waals surface area contributed by atoms with Gasteiger partial charge in [0.15, 0.2) is 0 Å². The molecular formula is C17H22N4O. The van der Waals surface area contributed by atoms with Crippen LogP contribution in [0.2, 0.25) is 0 Å². The molecule has 0 fully saturated rings. The summed E-state index contributed by atoms with van der Waals surface area (Å²) in [7, 11) is 0. The molecular weight excluding hydrogens is 276 g/mol. The smallest absolute Gasteiger partial charge is 0.270 e. The van der Waals surface area contributed by atoms with Gasteiger partial charge < -0.3 is 10.6 Å². The largest absolute Gasteiger partial charge is 0.351 e. The van der Waals surface area contributed by atoms with Crippen LogP contribution in [0.4, 0.5) is 11.6 Å². The number of nitrogens with zero attached hydrogens (tertiary/aromatic N) is 2. The lowest BCUT2D eigenvalue weighted by Crippen LogP contribution is -2.25. The predicted molar refractivity (Wildman–Crippen MR) is 88.5 cm³/mol. The van der Waals surface area contributed by atoms with Crippen LogP contribution in [-0.4, -0.2) is 22.4 Å². The van der Waals surface area contributed by atoms with E-state index in [4.69, 9.17) is 0 Å². The van der Waals surface area contributed by atoms with E-state index in [0.717, 1.165) is 29.7 Å². The van der Waals surface area contributed by atoms with E-state index >= 15 is 0 Å². The summed E-state index contributed by atoms with van der Waals surface area (Å²) in [6, 6.07) is 7.76. The second-order valence-electron chi connectivity index (χ2n) is 5.38. The topological polar surface area (TPSA) is 66.9 Å². The minimum atomic E-state index is -0.167. The highest BCUT2D eigenvalue weighted by Gasteiger charge is 2.08. The van der Waals surface area contributed by atoms with Crippen LogP contribution in [0.25, 0.3) is 0 Å². The fourth-order valence-corrected chi connectivity index (χ4v) is 2.19. The van der Waals surface area contributed by atoms with E-state index in [-0.39, 0.29) is 5.91 Å². The molecule has 0 saturated carbocycles. The van der Waals surface area contributed by atoms with Gasteiger partial charge in [0.05, 0.1) is 0 Å². The molecule has 1 aromatic carbocycles. The van der Waals surface area contributed by atoms with Gasteiger partial charge >= 0.3 is 0 Å². The van der Waals surface area contributed by atoms with Gasteiger partial charge in [-0.2, -0.15) is 0 Å². The summed E-state index contributed by atoms with van der Waals surface area (Å²) < 4.78 is 0. The van der Waals surface area contributed by atoms with Crippen LogP contribution in [-0.2, 0) is 0 Å². The fraction of sp³-hybridized carbons (Fsp3) is 0.353. The lowest BCUT2D eigenvalue weighted by Gasteiger charge is -2.08. The molecule has 116 valence electrons. The molecule has 1 aromatic heterocycles. The number of hydrogen-bond acceptors (Lipinski definition) is 4. The Hall–Kier alpha value is -2.43. The van der Waals surface area contributed by atoms with Crippen molar-refractivity contribution in [2.24, 2.45) is 0 Å². The van der Waals surface area contributed by atoms with Crippen molar-refractivity contribution in [2.75, 3.05) is 11.9 Å². The maximum Gasteiger partial charge on any atom is 0.270 e. The summed E-state index contributed by atoms with van der Waals surface area (Å²) in [6.07, 6.45) is 3.60. The van der Waals surface area contributed by atoms with Crippen LogP contribution in [0.5, 0.6) is 0 Å². The van der Waals surface area contributed by atoms with Crippen molar-refractivity contribution in [3.8, 4) is 0 Å². The first-order valence-corrected chi connectivity index (χ1v) is 7.55. The third-order valence-corrected chi connectivity index (χ3v) is 3.18. The Labute approximate surface area is 131 Å². The van der Waals surface area contributed by atoms with Crippen molar-refractivity contribution in [1.82, 2.24) is 15.3 Å². The number of carbonyl (C=O) groups excluding carboxylic acids is 1. The molecule has 5 heteroatoms. The number of aromatic nitrogens is 2. The normalized spacial score (nSPS) is 10.3. The molecule has 1 heterocycles. The van der Waals surface area contributed by atoms with Crippen molar-refractivity contribution >= 4 is 17.5 Å². The lowest BCUT2D eigenvalue weighted by atomic mass is 10.1. The van der Waals surface area contributed by atoms with Gasteiger partial charge in [-0.25, -0.2) is 9.97 Å². The molecule has 5 nitrogen and oxygen atoms in total. The van der Waals surface area contributed by atoms with Gasteiger partial charge in [0.2, 0.25) is 5.95 Å². The quantitative estimate of drug-likeness (QED) is 0.802. The van der Waals surface area contributed by atoms with Crippen molar-refractivity contribution < 1.29 is 4.79 Å². The van der Waals surface area contributed by atoms with E-state index in [1.165, 1.54) is 0 Å². The Morgan fingerprint density at radius 3 is 2.59 bits per heavy atom. The molecule has 0 aliphatic rings. The molecule has 0 spiro atoms. The van der Waals surface area contributed by atoms with Crippen molar-refractivity contribution in [3.63, 3.8) is 0 Å². The maximum atomic E-state index is 12.0. The molecule has 2 rings (SSSR count). The number of unbranched alkanes of at least 4 members (excludes halogenated alkanes) is 1. The van der Waals surface area contributed by atoms with E-state index < -0.39 is 0 Å². The Morgan fingerprint density at radius 1 is 1.18 bits per heavy atom. The summed E-state index contributed by atoms with van der Waals surface area (Å²) in [4.78, 5) is 20.4. The highest BCUT2D eigenvalue weighted by molar-refractivity contribution is 5.92. The lowest BCUT2D eigenvalue weighted by molar-refractivity contribution is 0.0948. The standard InChI is InChI=1S/C17H22N4O/c1-4-5-7-18-16(22)15-6-8-19-17(21-15)20-14-10-12(2)9-13(3)11-14/h6,8-11H,4-5,7H2,1-3H3,(H,18,22)(H,19,20,21). The Balaban J connectivity index is 2.09. The molecule has 1 amide bonds. The van der Waals surface area contributed by atoms with Gasteiger partial charge in [0.25, 0.3) is 5.91 Å². The number of aryl methyl sites for hydroxylation is 2. The molecule has 0 unspecified atom stereocenters. The first kappa shape index (κ1) is 15.9. The third-order valence-electron chi connectivity index (χ3n) is 3.18. The second-order valence-corrected chi connectivity index (χ2v) is 5.38. The number of nitrogens with one attached hydrogen (secondary N) is 2. The van der Waals surface area contributed by atoms with Gasteiger partial charge in [0.1, 0.15) is 5.69 Å². The number of carbonyl (C=O) groups is 1. The van der Waals surface area contributed by atoms with E-state index in [1.54, 1.807) is 12.3 Å². The zero-order valence-electron chi connectivity index (χ0n) is 13.3. The first-order valence-electron chi connectivity index (χ1n) is 7.55. The van der Waals surface area contributed by atoms with Crippen molar-refractivity contribution in [3.05, 3.63) is 47.3 Å². The molecule has 2 N–H and O–H groups in total. The Bertz CT molecular complexity index is 635. The maximum absolute atomic E-state index is 12.0. The zero-order valence-corrected chi connectivity index (χ0v) is 13.3. The summed E-state index contributed by atoms with van der Waals surface area (Å²) in [6.45, 7) is 6.83. The third kappa shape index (κ3) is 4.55. The van der Waals surface area contributed by atoms with Gasteiger partial charge in [-0.15, -0.1) is 0 Å². The van der Waals surface area contributed by atoms with E-state index in [9.17, 15) is 4.79 Å². The van der Waals surface area contributed by atoms with Gasteiger partial charge in [-0.05, 0) is 49.6 Å². The monoisotopic (exact) mass is 298 g/mol. The minimum Gasteiger partial charge on any atom is -0.351 e. The number of benzene rings is 1. The van der Waals surface area contributed by atoms with Crippen molar-refractivity contribution in [2.45, 2.75) is 33.6 Å². The summed E-state index contributed by atoms with van der Waals surface area (Å²) in [5, 5.41) is 6.00. The molecule has 0 aliphatic heterocycles. The number of amides is 1. The van der Waals surface area contributed by atoms with Gasteiger partial charge in [-0.3, -0.25) is 4.79 Å². The Kier molecular flexibility index (Phi) is 5.47. The van der Waals surface area contributed by atoms with Crippen LogP contribution in [0.3, 0.4) is 0 Å².